The van der Waals surface area contributed by atoms with Gasteiger partial charge in [-0.3, -0.25) is 4.79 Å². The van der Waals surface area contributed by atoms with Gasteiger partial charge in [0.2, 0.25) is 0 Å². The van der Waals surface area contributed by atoms with Crippen LogP contribution in [0.5, 0.6) is 0 Å². The number of hydrogen-bond donors (Lipinski definition) is 2. The Morgan fingerprint density at radius 2 is 2.18 bits per heavy atom. The molecule has 4 nitrogen and oxygen atoms in total. The molecule has 0 aromatic carbocycles. The maximum absolute atomic E-state index is 12.2. The van der Waals surface area contributed by atoms with Gasteiger partial charge < -0.3 is 15.7 Å². The first-order valence-corrected chi connectivity index (χ1v) is 6.44. The number of nitrogens with zero attached hydrogens (tertiary/aromatic N) is 1. The Balaban J connectivity index is 2.86. The van der Waals surface area contributed by atoms with Gasteiger partial charge in [-0.05, 0) is 33.8 Å². The molecule has 17 heavy (non-hydrogen) atoms. The van der Waals surface area contributed by atoms with Crippen molar-refractivity contribution in [3.63, 3.8) is 0 Å². The molecule has 0 bridgehead atoms. The topological polar surface area (TPSA) is 66.6 Å². The third kappa shape index (κ3) is 3.71. The van der Waals surface area contributed by atoms with Crippen molar-refractivity contribution in [2.75, 3.05) is 18.8 Å². The minimum Gasteiger partial charge on any atom is -0.398 e. The van der Waals surface area contributed by atoms with Crippen LogP contribution in [0.4, 0.5) is 5.69 Å². The lowest BCUT2D eigenvalue weighted by Gasteiger charge is -2.27. The zero-order valence-corrected chi connectivity index (χ0v) is 11.6. The second-order valence-corrected chi connectivity index (χ2v) is 6.01. The first kappa shape index (κ1) is 14.0. The maximum Gasteiger partial charge on any atom is 0.264 e. The highest BCUT2D eigenvalue weighted by Gasteiger charge is 2.23. The highest BCUT2D eigenvalue weighted by molar-refractivity contribution is 7.14. The van der Waals surface area contributed by atoms with Crippen LogP contribution in [0, 0.1) is 6.92 Å². The lowest BCUT2D eigenvalue weighted by atomic mass is 10.1. The minimum atomic E-state index is -0.885. The van der Waals surface area contributed by atoms with Gasteiger partial charge in [0.1, 0.15) is 0 Å². The van der Waals surface area contributed by atoms with Gasteiger partial charge in [0.25, 0.3) is 5.91 Å². The van der Waals surface area contributed by atoms with Gasteiger partial charge in [0.15, 0.2) is 0 Å². The van der Waals surface area contributed by atoms with E-state index in [2.05, 4.69) is 0 Å². The second-order valence-electron chi connectivity index (χ2n) is 4.75. The molecule has 3 N–H and O–H groups in total. The van der Waals surface area contributed by atoms with Crippen LogP contribution in [-0.4, -0.2) is 34.6 Å². The summed E-state index contributed by atoms with van der Waals surface area (Å²) < 4.78 is 0. The van der Waals surface area contributed by atoms with E-state index in [1.807, 2.05) is 13.8 Å². The predicted octanol–water partition coefficient (Wildman–Crippen LogP) is 1.87. The number of anilines is 1. The van der Waals surface area contributed by atoms with Gasteiger partial charge in [0.05, 0.1) is 10.5 Å². The van der Waals surface area contributed by atoms with E-state index >= 15 is 0 Å². The average Bonchev–Trinajstić information content (AvgIpc) is 2.53. The van der Waals surface area contributed by atoms with Crippen molar-refractivity contribution in [2.24, 2.45) is 0 Å². The summed E-state index contributed by atoms with van der Waals surface area (Å²) in [5.41, 5.74) is 5.50. The summed E-state index contributed by atoms with van der Waals surface area (Å²) in [6.07, 6.45) is 0. The first-order chi connectivity index (χ1) is 7.74. The lowest BCUT2D eigenvalue weighted by Crippen LogP contribution is -2.41. The van der Waals surface area contributed by atoms with Gasteiger partial charge in [-0.25, -0.2) is 0 Å². The van der Waals surface area contributed by atoms with Gasteiger partial charge in [-0.2, -0.15) is 0 Å². The van der Waals surface area contributed by atoms with Crippen LogP contribution >= 0.6 is 11.3 Å². The van der Waals surface area contributed by atoms with Crippen molar-refractivity contribution in [3.05, 3.63) is 15.8 Å². The van der Waals surface area contributed by atoms with E-state index in [0.717, 1.165) is 4.88 Å². The zero-order chi connectivity index (χ0) is 13.2. The molecule has 0 aliphatic carbocycles. The van der Waals surface area contributed by atoms with Crippen molar-refractivity contribution in [1.82, 2.24) is 4.90 Å². The molecule has 0 fully saturated rings. The Morgan fingerprint density at radius 3 is 2.53 bits per heavy atom. The fraction of sp³-hybridized carbons (Fsp3) is 0.583. The minimum absolute atomic E-state index is 0.0700. The quantitative estimate of drug-likeness (QED) is 0.864. The maximum atomic E-state index is 12.2. The van der Waals surface area contributed by atoms with Crippen LogP contribution in [-0.2, 0) is 0 Å². The molecule has 0 saturated heterocycles. The van der Waals surface area contributed by atoms with Crippen LogP contribution in [0.3, 0.4) is 0 Å². The molecule has 0 aliphatic heterocycles. The Labute approximate surface area is 106 Å². The Kier molecular flexibility index (Phi) is 4.16. The monoisotopic (exact) mass is 256 g/mol. The van der Waals surface area contributed by atoms with E-state index in [1.54, 1.807) is 24.8 Å². The number of hydrogen-bond acceptors (Lipinski definition) is 4. The number of aliphatic hydroxyl groups is 1. The average molecular weight is 256 g/mol. The standard InChI is InChI=1S/C12H20N2O2S/c1-5-14(7-12(3,4)16)11(15)10-6-9(13)8(2)17-10/h6,16H,5,7,13H2,1-4H3. The molecule has 5 heteroatoms. The summed E-state index contributed by atoms with van der Waals surface area (Å²) >= 11 is 1.39. The zero-order valence-electron chi connectivity index (χ0n) is 10.8. The summed E-state index contributed by atoms with van der Waals surface area (Å²) in [4.78, 5) is 15.4. The highest BCUT2D eigenvalue weighted by atomic mass is 32.1. The van der Waals surface area contributed by atoms with Gasteiger partial charge in [-0.15, -0.1) is 11.3 Å². The van der Waals surface area contributed by atoms with Crippen molar-refractivity contribution in [3.8, 4) is 0 Å². The largest absolute Gasteiger partial charge is 0.398 e. The van der Waals surface area contributed by atoms with E-state index in [-0.39, 0.29) is 5.91 Å². The second kappa shape index (κ2) is 5.06. The SMILES string of the molecule is CCN(CC(C)(C)O)C(=O)c1cc(N)c(C)s1. The third-order valence-corrected chi connectivity index (χ3v) is 3.47. The number of nitrogen functional groups attached to an aromatic ring is 1. The fourth-order valence-electron chi connectivity index (χ4n) is 1.55. The number of carbonyl (C=O) groups excluding carboxylic acids is 1. The lowest BCUT2D eigenvalue weighted by molar-refractivity contribution is 0.0317. The van der Waals surface area contributed by atoms with Crippen molar-refractivity contribution >= 4 is 22.9 Å². The van der Waals surface area contributed by atoms with Crippen molar-refractivity contribution < 1.29 is 9.90 Å². The van der Waals surface area contributed by atoms with Gasteiger partial charge >= 0.3 is 0 Å². The molecule has 0 aliphatic rings. The molecule has 1 aromatic heterocycles. The molecule has 0 radical (unpaired) electrons. The Hall–Kier alpha value is -1.07. The molecule has 0 unspecified atom stereocenters. The normalized spacial score (nSPS) is 11.6. The molecule has 1 amide bonds. The Morgan fingerprint density at radius 1 is 1.59 bits per heavy atom. The Bertz CT molecular complexity index is 388. The summed E-state index contributed by atoms with van der Waals surface area (Å²) in [7, 11) is 0. The van der Waals surface area contributed by atoms with Crippen molar-refractivity contribution in [1.29, 1.82) is 0 Å². The van der Waals surface area contributed by atoms with E-state index in [9.17, 15) is 9.90 Å². The fourth-order valence-corrected chi connectivity index (χ4v) is 2.46. The smallest absolute Gasteiger partial charge is 0.264 e. The summed E-state index contributed by atoms with van der Waals surface area (Å²) in [5.74, 6) is -0.0700. The molecule has 1 rings (SSSR count). The molecular formula is C12H20N2O2S. The van der Waals surface area contributed by atoms with Gasteiger partial charge in [-0.1, -0.05) is 0 Å². The number of rotatable bonds is 4. The van der Waals surface area contributed by atoms with Crippen molar-refractivity contribution in [2.45, 2.75) is 33.3 Å². The molecule has 0 atom stereocenters. The van der Waals surface area contributed by atoms with E-state index in [4.69, 9.17) is 5.73 Å². The van der Waals surface area contributed by atoms with Crippen LogP contribution in [0.25, 0.3) is 0 Å². The number of likely N-dealkylation sites (N-methyl/N-ethyl adjacent to an activating group) is 1. The molecule has 0 saturated carbocycles. The molecule has 0 spiro atoms. The summed E-state index contributed by atoms with van der Waals surface area (Å²) in [5, 5.41) is 9.76. The number of aryl methyl sites for hydroxylation is 1. The number of nitrogens with two attached hydrogens (primary N) is 1. The predicted molar refractivity (Wildman–Crippen MR) is 71.3 cm³/mol. The number of thiophene rings is 1. The molecule has 96 valence electrons. The van der Waals surface area contributed by atoms with Crippen LogP contribution in [0.1, 0.15) is 35.3 Å². The summed E-state index contributed by atoms with van der Waals surface area (Å²) in [6, 6.07) is 1.70. The van der Waals surface area contributed by atoms with Crippen LogP contribution in [0.2, 0.25) is 0 Å². The van der Waals surface area contributed by atoms with Crippen LogP contribution in [0.15, 0.2) is 6.07 Å². The first-order valence-electron chi connectivity index (χ1n) is 5.62. The highest BCUT2D eigenvalue weighted by Crippen LogP contribution is 2.25. The molecule has 1 aromatic rings. The van der Waals surface area contributed by atoms with E-state index in [1.165, 1.54) is 11.3 Å². The van der Waals surface area contributed by atoms with Crippen LogP contribution < -0.4 is 5.73 Å². The van der Waals surface area contributed by atoms with E-state index in [0.29, 0.717) is 23.7 Å². The number of amides is 1. The number of carbonyl (C=O) groups is 1. The molecular weight excluding hydrogens is 236 g/mol. The third-order valence-electron chi connectivity index (χ3n) is 2.41. The van der Waals surface area contributed by atoms with Gasteiger partial charge in [0, 0.05) is 23.7 Å². The molecule has 1 heterocycles. The summed E-state index contributed by atoms with van der Waals surface area (Å²) in [6.45, 7) is 8.06. The van der Waals surface area contributed by atoms with E-state index < -0.39 is 5.60 Å².